The molecule has 2 heteroatoms. The maximum Gasteiger partial charge on any atom is 0.120 e. The minimum Gasteiger partial charge on any atom is -0.377 e. The number of aldehydes is 1. The molecule has 1 rings (SSSR count). The molecular weight excluding hydrogens is 186 g/mol. The van der Waals surface area contributed by atoms with Crippen LogP contribution in [0.25, 0.3) is 0 Å². The highest BCUT2D eigenvalue weighted by Crippen LogP contribution is 2.28. The van der Waals surface area contributed by atoms with E-state index in [1.54, 1.807) is 0 Å². The van der Waals surface area contributed by atoms with Crippen molar-refractivity contribution in [2.75, 3.05) is 19.0 Å². The van der Waals surface area contributed by atoms with Gasteiger partial charge in [0.05, 0.1) is 0 Å². The van der Waals surface area contributed by atoms with Crippen LogP contribution < -0.4 is 4.90 Å². The highest BCUT2D eigenvalue weighted by molar-refractivity contribution is 5.59. The van der Waals surface area contributed by atoms with Crippen LogP contribution in [0.4, 0.5) is 5.69 Å². The predicted molar refractivity (Wildman–Crippen MR) is 64.6 cm³/mol. The van der Waals surface area contributed by atoms with Crippen LogP contribution in [0.5, 0.6) is 0 Å². The average Bonchev–Trinajstić information content (AvgIpc) is 2.17. The van der Waals surface area contributed by atoms with Gasteiger partial charge in [-0.2, -0.15) is 0 Å². The number of hydrogen-bond acceptors (Lipinski definition) is 2. The van der Waals surface area contributed by atoms with Crippen LogP contribution in [0.3, 0.4) is 0 Å². The van der Waals surface area contributed by atoms with Crippen LogP contribution >= 0.6 is 0 Å². The van der Waals surface area contributed by atoms with Gasteiger partial charge in [-0.05, 0) is 30.0 Å². The van der Waals surface area contributed by atoms with E-state index < -0.39 is 0 Å². The lowest BCUT2D eigenvalue weighted by Crippen LogP contribution is -2.13. The zero-order valence-corrected chi connectivity index (χ0v) is 9.95. The maximum atomic E-state index is 10.5. The minimum atomic E-state index is 0.292. The number of rotatable bonds is 4. The number of carbonyl (C=O) groups is 1. The fourth-order valence-electron chi connectivity index (χ4n) is 1.73. The third-order valence-corrected chi connectivity index (χ3v) is 2.65. The molecule has 0 spiro atoms. The van der Waals surface area contributed by atoms with Gasteiger partial charge in [0.25, 0.3) is 0 Å². The summed E-state index contributed by atoms with van der Waals surface area (Å²) in [5.41, 5.74) is 3.71. The number of aryl methyl sites for hydroxylation is 1. The van der Waals surface area contributed by atoms with Crippen molar-refractivity contribution in [2.24, 2.45) is 0 Å². The smallest absolute Gasteiger partial charge is 0.120 e. The molecule has 2 nitrogen and oxygen atoms in total. The van der Waals surface area contributed by atoms with Crippen LogP contribution in [0.2, 0.25) is 0 Å². The van der Waals surface area contributed by atoms with Crippen molar-refractivity contribution in [1.82, 2.24) is 0 Å². The summed E-state index contributed by atoms with van der Waals surface area (Å²) in [6, 6.07) is 6.39. The van der Waals surface area contributed by atoms with E-state index in [0.29, 0.717) is 12.3 Å². The Morgan fingerprint density at radius 3 is 2.60 bits per heavy atom. The Bertz CT molecular complexity index is 344. The summed E-state index contributed by atoms with van der Waals surface area (Å²) in [4.78, 5) is 12.6. The van der Waals surface area contributed by atoms with Gasteiger partial charge in [0.1, 0.15) is 6.29 Å². The molecular formula is C13H19NO. The molecule has 0 aliphatic heterocycles. The maximum absolute atomic E-state index is 10.5. The molecule has 0 aliphatic rings. The second kappa shape index (κ2) is 4.96. The molecule has 0 heterocycles. The molecule has 0 radical (unpaired) electrons. The second-order valence-corrected chi connectivity index (χ2v) is 4.26. The lowest BCUT2D eigenvalue weighted by molar-refractivity contribution is -0.108. The molecule has 0 bridgehead atoms. The summed E-state index contributed by atoms with van der Waals surface area (Å²) < 4.78 is 0. The van der Waals surface area contributed by atoms with Crippen LogP contribution in [-0.2, 0) is 4.79 Å². The number of benzene rings is 1. The van der Waals surface area contributed by atoms with E-state index in [4.69, 9.17) is 0 Å². The Balaban J connectivity index is 3.10. The van der Waals surface area contributed by atoms with Crippen molar-refractivity contribution in [3.05, 3.63) is 29.3 Å². The van der Waals surface area contributed by atoms with Crippen molar-refractivity contribution < 1.29 is 4.79 Å². The molecule has 1 aromatic rings. The summed E-state index contributed by atoms with van der Waals surface area (Å²) in [5, 5.41) is 0. The van der Waals surface area contributed by atoms with Gasteiger partial charge in [-0.3, -0.25) is 0 Å². The SMILES string of the molecule is Cc1ccc(C(C)CC=O)c(N(C)C)c1. The van der Waals surface area contributed by atoms with Gasteiger partial charge in [-0.25, -0.2) is 0 Å². The molecule has 0 saturated heterocycles. The van der Waals surface area contributed by atoms with E-state index >= 15 is 0 Å². The molecule has 0 amide bonds. The molecule has 1 unspecified atom stereocenters. The van der Waals surface area contributed by atoms with Crippen molar-refractivity contribution >= 4 is 12.0 Å². The van der Waals surface area contributed by atoms with Gasteiger partial charge in [0, 0.05) is 26.2 Å². The molecule has 1 aromatic carbocycles. The third kappa shape index (κ3) is 2.82. The van der Waals surface area contributed by atoms with Gasteiger partial charge >= 0.3 is 0 Å². The fourth-order valence-corrected chi connectivity index (χ4v) is 1.73. The standard InChI is InChI=1S/C13H19NO/c1-10-5-6-12(11(2)7-8-15)13(9-10)14(3)4/h5-6,8-9,11H,7H2,1-4H3. The molecule has 1 atom stereocenters. The highest BCUT2D eigenvalue weighted by Gasteiger charge is 2.11. The topological polar surface area (TPSA) is 20.3 Å². The molecule has 82 valence electrons. The quantitative estimate of drug-likeness (QED) is 0.704. The Morgan fingerprint density at radius 1 is 1.40 bits per heavy atom. The summed E-state index contributed by atoms with van der Waals surface area (Å²) in [6.07, 6.45) is 1.58. The lowest BCUT2D eigenvalue weighted by atomic mass is 9.95. The molecule has 0 aliphatic carbocycles. The number of hydrogen-bond donors (Lipinski definition) is 0. The average molecular weight is 205 g/mol. The van der Waals surface area contributed by atoms with E-state index in [1.165, 1.54) is 16.8 Å². The highest BCUT2D eigenvalue weighted by atomic mass is 16.1. The number of nitrogens with zero attached hydrogens (tertiary/aromatic N) is 1. The third-order valence-electron chi connectivity index (χ3n) is 2.65. The first-order valence-electron chi connectivity index (χ1n) is 5.27. The Kier molecular flexibility index (Phi) is 3.89. The van der Waals surface area contributed by atoms with Crippen LogP contribution in [0.1, 0.15) is 30.4 Å². The molecule has 15 heavy (non-hydrogen) atoms. The van der Waals surface area contributed by atoms with Crippen molar-refractivity contribution in [2.45, 2.75) is 26.2 Å². The first-order chi connectivity index (χ1) is 7.06. The van der Waals surface area contributed by atoms with Gasteiger partial charge in [0.15, 0.2) is 0 Å². The van der Waals surface area contributed by atoms with E-state index in [1.807, 2.05) is 14.1 Å². The Hall–Kier alpha value is -1.31. The summed E-state index contributed by atoms with van der Waals surface area (Å²) in [7, 11) is 4.07. The van der Waals surface area contributed by atoms with Crippen molar-refractivity contribution in [3.63, 3.8) is 0 Å². The second-order valence-electron chi connectivity index (χ2n) is 4.26. The lowest BCUT2D eigenvalue weighted by Gasteiger charge is -2.21. The number of anilines is 1. The van der Waals surface area contributed by atoms with Gasteiger partial charge in [0.2, 0.25) is 0 Å². The fraction of sp³-hybridized carbons (Fsp3) is 0.462. The number of carbonyl (C=O) groups excluding carboxylic acids is 1. The van der Waals surface area contributed by atoms with Crippen molar-refractivity contribution in [1.29, 1.82) is 0 Å². The summed E-state index contributed by atoms with van der Waals surface area (Å²) >= 11 is 0. The van der Waals surface area contributed by atoms with Crippen LogP contribution in [0, 0.1) is 6.92 Å². The first-order valence-corrected chi connectivity index (χ1v) is 5.27. The zero-order chi connectivity index (χ0) is 11.4. The first kappa shape index (κ1) is 11.8. The Morgan fingerprint density at radius 2 is 2.07 bits per heavy atom. The zero-order valence-electron chi connectivity index (χ0n) is 9.95. The van der Waals surface area contributed by atoms with E-state index in [2.05, 4.69) is 36.9 Å². The molecule has 0 fully saturated rings. The van der Waals surface area contributed by atoms with E-state index in [0.717, 1.165) is 6.29 Å². The molecule has 0 aromatic heterocycles. The van der Waals surface area contributed by atoms with Crippen LogP contribution in [-0.4, -0.2) is 20.4 Å². The Labute approximate surface area is 91.9 Å². The van der Waals surface area contributed by atoms with E-state index in [9.17, 15) is 4.79 Å². The summed E-state index contributed by atoms with van der Waals surface area (Å²) in [6.45, 7) is 4.17. The monoisotopic (exact) mass is 205 g/mol. The van der Waals surface area contributed by atoms with Gasteiger partial charge in [-0.1, -0.05) is 19.1 Å². The van der Waals surface area contributed by atoms with Gasteiger partial charge in [-0.15, -0.1) is 0 Å². The van der Waals surface area contributed by atoms with Gasteiger partial charge < -0.3 is 9.69 Å². The summed E-state index contributed by atoms with van der Waals surface area (Å²) in [5.74, 6) is 0.292. The predicted octanol–water partition coefficient (Wildman–Crippen LogP) is 2.75. The molecule has 0 saturated carbocycles. The minimum absolute atomic E-state index is 0.292. The van der Waals surface area contributed by atoms with Crippen molar-refractivity contribution in [3.8, 4) is 0 Å². The molecule has 0 N–H and O–H groups in total. The van der Waals surface area contributed by atoms with E-state index in [-0.39, 0.29) is 0 Å². The normalized spacial score (nSPS) is 12.3. The largest absolute Gasteiger partial charge is 0.377 e. The van der Waals surface area contributed by atoms with Crippen LogP contribution in [0.15, 0.2) is 18.2 Å².